The third-order valence-corrected chi connectivity index (χ3v) is 5.04. The predicted molar refractivity (Wildman–Crippen MR) is 110 cm³/mol. The molecule has 0 atom stereocenters. The van der Waals surface area contributed by atoms with Gasteiger partial charge in [-0.2, -0.15) is 0 Å². The topological polar surface area (TPSA) is 28.1 Å². The second-order valence-corrected chi connectivity index (χ2v) is 6.76. The fraction of sp³-hybridized carbons (Fsp3) is 0. The Balaban J connectivity index is 1.85. The van der Waals surface area contributed by atoms with E-state index in [1.54, 1.807) is 0 Å². The average molecular weight is 355 g/mol. The highest BCUT2D eigenvalue weighted by Gasteiger charge is 2.20. The number of allylic oxidation sites excluding steroid dienone is 1. The lowest BCUT2D eigenvalue weighted by molar-refractivity contribution is 1.46. The summed E-state index contributed by atoms with van der Waals surface area (Å²) in [6.45, 7) is 0. The highest BCUT2D eigenvalue weighted by molar-refractivity contribution is 6.31. The number of hydrogen-bond acceptors (Lipinski definition) is 1. The van der Waals surface area contributed by atoms with E-state index >= 15 is 0 Å². The monoisotopic (exact) mass is 354 g/mol. The van der Waals surface area contributed by atoms with Crippen molar-refractivity contribution < 1.29 is 0 Å². The Morgan fingerprint density at radius 1 is 0.846 bits per heavy atom. The number of hydrogen-bond donors (Lipinski definition) is 1. The van der Waals surface area contributed by atoms with Crippen LogP contribution in [0.5, 0.6) is 0 Å². The summed E-state index contributed by atoms with van der Waals surface area (Å²) in [5.41, 5.74) is 7.87. The van der Waals surface area contributed by atoms with Crippen molar-refractivity contribution in [1.29, 1.82) is 0 Å². The van der Waals surface area contributed by atoms with E-state index in [1.807, 2.05) is 36.5 Å². The van der Waals surface area contributed by atoms with E-state index in [2.05, 4.69) is 58.6 Å². The smallest absolute Gasteiger partial charge is 0.0709 e. The summed E-state index contributed by atoms with van der Waals surface area (Å²) in [6.07, 6.45) is 4.05. The molecule has 1 aliphatic heterocycles. The first-order valence-electron chi connectivity index (χ1n) is 8.51. The Labute approximate surface area is 156 Å². The molecule has 0 unspecified atom stereocenters. The average Bonchev–Trinajstić information content (AvgIpc) is 3.29. The van der Waals surface area contributed by atoms with Crippen molar-refractivity contribution in [2.24, 2.45) is 4.99 Å². The maximum Gasteiger partial charge on any atom is 0.0709 e. The van der Waals surface area contributed by atoms with Gasteiger partial charge in [0.15, 0.2) is 0 Å². The quantitative estimate of drug-likeness (QED) is 0.426. The Morgan fingerprint density at radius 3 is 2.50 bits per heavy atom. The number of aromatic nitrogens is 1. The van der Waals surface area contributed by atoms with E-state index in [0.717, 1.165) is 38.5 Å². The number of aromatic amines is 1. The van der Waals surface area contributed by atoms with E-state index < -0.39 is 0 Å². The third-order valence-electron chi connectivity index (χ3n) is 4.79. The molecule has 0 aliphatic carbocycles. The lowest BCUT2D eigenvalue weighted by atomic mass is 9.90. The first-order chi connectivity index (χ1) is 12.8. The molecule has 0 bridgehead atoms. The Bertz CT molecular complexity index is 1180. The van der Waals surface area contributed by atoms with Crippen molar-refractivity contribution in [1.82, 2.24) is 4.98 Å². The van der Waals surface area contributed by atoms with Crippen LogP contribution in [0.1, 0.15) is 16.7 Å². The zero-order valence-corrected chi connectivity index (χ0v) is 14.7. The largest absolute Gasteiger partial charge is 0.361 e. The minimum absolute atomic E-state index is 0.734. The molecule has 0 saturated heterocycles. The van der Waals surface area contributed by atoms with Crippen molar-refractivity contribution in [3.8, 4) is 0 Å². The van der Waals surface area contributed by atoms with Crippen LogP contribution in [-0.2, 0) is 0 Å². The van der Waals surface area contributed by atoms with Gasteiger partial charge in [-0.05, 0) is 29.8 Å². The van der Waals surface area contributed by atoms with E-state index in [0.29, 0.717) is 0 Å². The highest BCUT2D eigenvalue weighted by Crippen LogP contribution is 2.41. The van der Waals surface area contributed by atoms with Crippen LogP contribution in [0.2, 0.25) is 5.02 Å². The molecule has 0 saturated carbocycles. The summed E-state index contributed by atoms with van der Waals surface area (Å²) in [4.78, 5) is 8.01. The molecule has 26 heavy (non-hydrogen) atoms. The molecule has 4 aromatic rings. The minimum atomic E-state index is 0.734. The summed E-state index contributed by atoms with van der Waals surface area (Å²) in [6, 6.07) is 24.6. The number of para-hydroxylation sites is 2. The van der Waals surface area contributed by atoms with Gasteiger partial charge in [-0.15, -0.1) is 0 Å². The van der Waals surface area contributed by atoms with Crippen LogP contribution in [0.25, 0.3) is 22.0 Å². The van der Waals surface area contributed by atoms with E-state index in [4.69, 9.17) is 11.6 Å². The summed E-state index contributed by atoms with van der Waals surface area (Å²) in [7, 11) is 0. The van der Waals surface area contributed by atoms with Gasteiger partial charge in [-0.1, -0.05) is 60.1 Å². The number of nitrogens with zero attached hydrogens (tertiary/aromatic N) is 1. The third kappa shape index (κ3) is 2.39. The van der Waals surface area contributed by atoms with Gasteiger partial charge >= 0.3 is 0 Å². The maximum absolute atomic E-state index is 6.13. The molecule has 0 fully saturated rings. The summed E-state index contributed by atoms with van der Waals surface area (Å²) in [5, 5.41) is 1.93. The molecule has 1 aliphatic rings. The van der Waals surface area contributed by atoms with Crippen LogP contribution in [0.3, 0.4) is 0 Å². The van der Waals surface area contributed by atoms with Crippen LogP contribution >= 0.6 is 11.6 Å². The normalized spacial score (nSPS) is 14.7. The summed E-state index contributed by atoms with van der Waals surface area (Å²) >= 11 is 6.13. The molecule has 1 aromatic heterocycles. The standard InChI is InChI=1S/C23H15ClN2/c24-16-11-9-15(10-12-16)23(19-13-25-21-7-3-1-5-17(19)21)20-14-26-22-8-4-2-6-18(20)22/h1-14,25H. The van der Waals surface area contributed by atoms with Crippen LogP contribution < -0.4 is 0 Å². The number of H-pyrrole nitrogens is 1. The zero-order chi connectivity index (χ0) is 17.5. The van der Waals surface area contributed by atoms with E-state index in [9.17, 15) is 0 Å². The number of nitrogens with one attached hydrogen (secondary N) is 1. The first-order valence-corrected chi connectivity index (χ1v) is 8.89. The second-order valence-electron chi connectivity index (χ2n) is 6.32. The molecule has 2 nitrogen and oxygen atoms in total. The second kappa shape index (κ2) is 6.01. The van der Waals surface area contributed by atoms with E-state index in [-0.39, 0.29) is 0 Å². The fourth-order valence-corrected chi connectivity index (χ4v) is 3.69. The summed E-state index contributed by atoms with van der Waals surface area (Å²) in [5.74, 6) is 0. The van der Waals surface area contributed by atoms with E-state index in [1.165, 1.54) is 10.9 Å². The van der Waals surface area contributed by atoms with Gasteiger partial charge < -0.3 is 4.98 Å². The van der Waals surface area contributed by atoms with Gasteiger partial charge in [-0.25, -0.2) is 0 Å². The van der Waals surface area contributed by atoms with Crippen LogP contribution in [0.15, 0.2) is 84.0 Å². The molecule has 2 heterocycles. The minimum Gasteiger partial charge on any atom is -0.361 e. The molecular weight excluding hydrogens is 340 g/mol. The lowest BCUT2D eigenvalue weighted by Gasteiger charge is -2.12. The Morgan fingerprint density at radius 2 is 1.62 bits per heavy atom. The van der Waals surface area contributed by atoms with Crippen molar-refractivity contribution in [2.75, 3.05) is 0 Å². The van der Waals surface area contributed by atoms with Crippen molar-refractivity contribution >= 4 is 45.6 Å². The fourth-order valence-electron chi connectivity index (χ4n) is 3.57. The lowest BCUT2D eigenvalue weighted by Crippen LogP contribution is -1.93. The molecule has 3 aromatic carbocycles. The molecule has 124 valence electrons. The number of fused-ring (bicyclic) bond motifs is 2. The van der Waals surface area contributed by atoms with Crippen molar-refractivity contribution in [2.45, 2.75) is 0 Å². The van der Waals surface area contributed by atoms with Gasteiger partial charge in [0.05, 0.1) is 5.69 Å². The van der Waals surface area contributed by atoms with Crippen LogP contribution in [0, 0.1) is 0 Å². The molecule has 0 amide bonds. The van der Waals surface area contributed by atoms with Crippen LogP contribution in [-0.4, -0.2) is 11.2 Å². The van der Waals surface area contributed by atoms with Gasteiger partial charge in [0.1, 0.15) is 0 Å². The van der Waals surface area contributed by atoms with Gasteiger partial charge in [-0.3, -0.25) is 4.99 Å². The SMILES string of the molecule is Clc1ccc(C(=C2C=Nc3ccccc32)c2c[nH]c3ccccc23)cc1. The predicted octanol–water partition coefficient (Wildman–Crippen LogP) is 6.50. The Kier molecular flexibility index (Phi) is 3.51. The number of benzene rings is 3. The first kappa shape index (κ1) is 15.2. The maximum atomic E-state index is 6.13. The van der Waals surface area contributed by atoms with Gasteiger partial charge in [0, 0.05) is 50.6 Å². The van der Waals surface area contributed by atoms with Crippen molar-refractivity contribution in [3.05, 3.63) is 101 Å². The zero-order valence-electron chi connectivity index (χ0n) is 13.9. The number of rotatable bonds is 2. The van der Waals surface area contributed by atoms with Gasteiger partial charge in [0.25, 0.3) is 0 Å². The summed E-state index contributed by atoms with van der Waals surface area (Å²) < 4.78 is 0. The molecule has 5 rings (SSSR count). The molecule has 0 spiro atoms. The van der Waals surface area contributed by atoms with Crippen molar-refractivity contribution in [3.63, 3.8) is 0 Å². The number of aliphatic imine (C=N–C) groups is 1. The Hall–Kier alpha value is -3.10. The number of halogens is 1. The highest BCUT2D eigenvalue weighted by atomic mass is 35.5. The van der Waals surface area contributed by atoms with Crippen LogP contribution in [0.4, 0.5) is 5.69 Å². The molecule has 1 N–H and O–H groups in total. The van der Waals surface area contributed by atoms with Gasteiger partial charge in [0.2, 0.25) is 0 Å². The molecule has 3 heteroatoms. The molecular formula is C23H15ClN2. The molecule has 0 radical (unpaired) electrons.